The van der Waals surface area contributed by atoms with E-state index in [0.717, 1.165) is 19.4 Å². The topological polar surface area (TPSA) is 71.2 Å². The van der Waals surface area contributed by atoms with Crippen molar-refractivity contribution in [2.75, 3.05) is 6.54 Å². The van der Waals surface area contributed by atoms with E-state index in [1.54, 1.807) is 6.92 Å². The Morgan fingerprint density at radius 2 is 2.54 bits per heavy atom. The Hall–Kier alpha value is -0.940. The van der Waals surface area contributed by atoms with Gasteiger partial charge in [0.25, 0.3) is 0 Å². The Kier molecular flexibility index (Phi) is 2.28. The third-order valence-corrected chi connectivity index (χ3v) is 2.29. The summed E-state index contributed by atoms with van der Waals surface area (Å²) in [5.74, 6) is 0.879. The lowest BCUT2D eigenvalue weighted by Gasteiger charge is -2.13. The van der Waals surface area contributed by atoms with Gasteiger partial charge in [-0.25, -0.2) is 0 Å². The molecule has 1 aliphatic rings. The van der Waals surface area contributed by atoms with Crippen LogP contribution >= 0.6 is 0 Å². The van der Waals surface area contributed by atoms with E-state index in [4.69, 9.17) is 4.52 Å². The fraction of sp³-hybridized carbons (Fsp3) is 0.750. The lowest BCUT2D eigenvalue weighted by Crippen LogP contribution is -2.29. The molecule has 5 nitrogen and oxygen atoms in total. The molecule has 2 heterocycles. The van der Waals surface area contributed by atoms with Gasteiger partial charge in [0.15, 0.2) is 0 Å². The second-order valence-electron chi connectivity index (χ2n) is 3.32. The maximum absolute atomic E-state index is 9.79. The first-order chi connectivity index (χ1) is 6.27. The van der Waals surface area contributed by atoms with Crippen molar-refractivity contribution in [2.24, 2.45) is 0 Å². The number of hydrogen-bond acceptors (Lipinski definition) is 5. The van der Waals surface area contributed by atoms with Crippen molar-refractivity contribution in [1.29, 1.82) is 0 Å². The van der Waals surface area contributed by atoms with Gasteiger partial charge < -0.3 is 14.9 Å². The molecule has 2 unspecified atom stereocenters. The molecule has 1 saturated heterocycles. The zero-order valence-electron chi connectivity index (χ0n) is 7.53. The summed E-state index contributed by atoms with van der Waals surface area (Å²) in [4.78, 5) is 3.99. The Labute approximate surface area is 76.1 Å². The number of aliphatic hydroxyl groups excluding tert-OH is 1. The molecule has 0 amide bonds. The first-order valence-corrected chi connectivity index (χ1v) is 4.49. The van der Waals surface area contributed by atoms with Crippen molar-refractivity contribution in [3.8, 4) is 0 Å². The number of rotatable bonds is 2. The molecule has 1 aromatic heterocycles. The number of aliphatic hydroxyl groups is 1. The fourth-order valence-electron chi connectivity index (χ4n) is 1.60. The van der Waals surface area contributed by atoms with E-state index in [0.29, 0.717) is 11.7 Å². The van der Waals surface area contributed by atoms with Crippen LogP contribution < -0.4 is 5.32 Å². The molecule has 0 aromatic carbocycles. The smallest absolute Gasteiger partial charge is 0.223 e. The highest BCUT2D eigenvalue weighted by atomic mass is 16.5. The predicted octanol–water partition coefficient (Wildman–Crippen LogP) is 0.163. The molecule has 13 heavy (non-hydrogen) atoms. The fourth-order valence-corrected chi connectivity index (χ4v) is 1.60. The minimum atomic E-state index is -0.639. The molecule has 2 rings (SSSR count). The van der Waals surface area contributed by atoms with E-state index >= 15 is 0 Å². The van der Waals surface area contributed by atoms with Gasteiger partial charge in [-0.2, -0.15) is 4.98 Å². The molecule has 1 aliphatic heterocycles. The number of nitrogens with one attached hydrogen (secondary N) is 1. The van der Waals surface area contributed by atoms with Crippen LogP contribution in [0.5, 0.6) is 0 Å². The molecule has 5 heteroatoms. The number of aryl methyl sites for hydroxylation is 1. The highest BCUT2D eigenvalue weighted by Crippen LogP contribution is 2.20. The lowest BCUT2D eigenvalue weighted by atomic mass is 10.1. The largest absolute Gasteiger partial charge is 0.383 e. The van der Waals surface area contributed by atoms with Crippen molar-refractivity contribution in [3.05, 3.63) is 11.7 Å². The van der Waals surface area contributed by atoms with Gasteiger partial charge in [0.1, 0.15) is 6.10 Å². The standard InChI is InChI=1S/C8H13N3O2/c1-5-10-8(11-13-5)7(12)6-3-2-4-9-6/h6-7,9,12H,2-4H2,1H3. The van der Waals surface area contributed by atoms with Gasteiger partial charge >= 0.3 is 0 Å². The minimum absolute atomic E-state index is 0.0806. The molecular formula is C8H13N3O2. The summed E-state index contributed by atoms with van der Waals surface area (Å²) in [5, 5.41) is 16.7. The summed E-state index contributed by atoms with van der Waals surface area (Å²) in [6.45, 7) is 2.67. The molecular weight excluding hydrogens is 170 g/mol. The molecule has 0 spiro atoms. The van der Waals surface area contributed by atoms with E-state index in [1.807, 2.05) is 0 Å². The number of nitrogens with zero attached hydrogens (tertiary/aromatic N) is 2. The normalized spacial score (nSPS) is 24.9. The second kappa shape index (κ2) is 3.43. The molecule has 1 aromatic rings. The maximum Gasteiger partial charge on any atom is 0.223 e. The van der Waals surface area contributed by atoms with Crippen molar-refractivity contribution in [3.63, 3.8) is 0 Å². The minimum Gasteiger partial charge on any atom is -0.383 e. The molecule has 1 fully saturated rings. The van der Waals surface area contributed by atoms with Crippen LogP contribution in [0.25, 0.3) is 0 Å². The van der Waals surface area contributed by atoms with Crippen molar-refractivity contribution in [1.82, 2.24) is 15.5 Å². The van der Waals surface area contributed by atoms with Crippen molar-refractivity contribution < 1.29 is 9.63 Å². The summed E-state index contributed by atoms with van der Waals surface area (Å²) in [7, 11) is 0. The quantitative estimate of drug-likeness (QED) is 0.683. The van der Waals surface area contributed by atoms with Gasteiger partial charge in [0.2, 0.25) is 11.7 Å². The lowest BCUT2D eigenvalue weighted by molar-refractivity contribution is 0.125. The average Bonchev–Trinajstić information content (AvgIpc) is 2.72. The number of hydrogen-bond donors (Lipinski definition) is 2. The van der Waals surface area contributed by atoms with Gasteiger partial charge in [-0.05, 0) is 19.4 Å². The molecule has 2 N–H and O–H groups in total. The summed E-state index contributed by atoms with van der Waals surface area (Å²) >= 11 is 0. The van der Waals surface area contributed by atoms with Crippen LogP contribution in [0.2, 0.25) is 0 Å². The molecule has 72 valence electrons. The maximum atomic E-state index is 9.79. The Morgan fingerprint density at radius 1 is 1.69 bits per heavy atom. The SMILES string of the molecule is Cc1nc(C(O)C2CCCN2)no1. The van der Waals surface area contributed by atoms with Crippen LogP contribution in [-0.2, 0) is 0 Å². The van der Waals surface area contributed by atoms with E-state index in [1.165, 1.54) is 0 Å². The Morgan fingerprint density at radius 3 is 3.08 bits per heavy atom. The molecule has 2 atom stereocenters. The first kappa shape index (κ1) is 8.65. The molecule has 0 radical (unpaired) electrons. The molecule has 0 bridgehead atoms. The molecule has 0 aliphatic carbocycles. The monoisotopic (exact) mass is 183 g/mol. The predicted molar refractivity (Wildman–Crippen MR) is 45.0 cm³/mol. The average molecular weight is 183 g/mol. The van der Waals surface area contributed by atoms with Crippen LogP contribution in [0.1, 0.15) is 30.7 Å². The zero-order valence-corrected chi connectivity index (χ0v) is 7.53. The third kappa shape index (κ3) is 1.71. The highest BCUT2D eigenvalue weighted by molar-refractivity contribution is 4.96. The van der Waals surface area contributed by atoms with E-state index in [-0.39, 0.29) is 6.04 Å². The highest BCUT2D eigenvalue weighted by Gasteiger charge is 2.27. The van der Waals surface area contributed by atoms with Gasteiger partial charge in [-0.1, -0.05) is 5.16 Å². The van der Waals surface area contributed by atoms with E-state index in [9.17, 15) is 5.11 Å². The van der Waals surface area contributed by atoms with Crippen molar-refractivity contribution >= 4 is 0 Å². The van der Waals surface area contributed by atoms with Gasteiger partial charge in [-0.15, -0.1) is 0 Å². The van der Waals surface area contributed by atoms with Crippen LogP contribution in [0.4, 0.5) is 0 Å². The van der Waals surface area contributed by atoms with Crippen molar-refractivity contribution in [2.45, 2.75) is 31.9 Å². The van der Waals surface area contributed by atoms with Gasteiger partial charge in [0, 0.05) is 13.0 Å². The van der Waals surface area contributed by atoms with Crippen LogP contribution in [0.3, 0.4) is 0 Å². The first-order valence-electron chi connectivity index (χ1n) is 4.49. The van der Waals surface area contributed by atoms with Gasteiger partial charge in [-0.3, -0.25) is 0 Å². The second-order valence-corrected chi connectivity index (χ2v) is 3.32. The van der Waals surface area contributed by atoms with Crippen LogP contribution in [0, 0.1) is 6.92 Å². The summed E-state index contributed by atoms with van der Waals surface area (Å²) < 4.78 is 4.80. The number of aromatic nitrogens is 2. The van der Waals surface area contributed by atoms with E-state index < -0.39 is 6.10 Å². The van der Waals surface area contributed by atoms with E-state index in [2.05, 4.69) is 15.5 Å². The Bertz CT molecular complexity index is 281. The van der Waals surface area contributed by atoms with Crippen LogP contribution in [0.15, 0.2) is 4.52 Å². The molecule has 0 saturated carbocycles. The summed E-state index contributed by atoms with van der Waals surface area (Å²) in [5.41, 5.74) is 0. The summed E-state index contributed by atoms with van der Waals surface area (Å²) in [6.07, 6.45) is 1.42. The van der Waals surface area contributed by atoms with Crippen LogP contribution in [-0.4, -0.2) is 27.8 Å². The van der Waals surface area contributed by atoms with Gasteiger partial charge in [0.05, 0.1) is 0 Å². The Balaban J connectivity index is 2.07. The summed E-state index contributed by atoms with van der Waals surface area (Å²) in [6, 6.07) is 0.0806. The third-order valence-electron chi connectivity index (χ3n) is 2.29. The zero-order chi connectivity index (χ0) is 9.26.